The first-order valence-electron chi connectivity index (χ1n) is 9.88. The SMILES string of the molecule is C[C@@H](CNC(=O)COc1ccc2ccccc2c1)N1CCc2ccccc2C1. The zero-order chi connectivity index (χ0) is 19.3. The van der Waals surface area contributed by atoms with E-state index < -0.39 is 0 Å². The van der Waals surface area contributed by atoms with Gasteiger partial charge in [0.05, 0.1) is 0 Å². The fourth-order valence-electron chi connectivity index (χ4n) is 3.74. The van der Waals surface area contributed by atoms with Crippen molar-refractivity contribution in [1.82, 2.24) is 10.2 Å². The molecule has 4 nitrogen and oxygen atoms in total. The number of carbonyl (C=O) groups is 1. The van der Waals surface area contributed by atoms with Crippen LogP contribution in [-0.2, 0) is 17.8 Å². The van der Waals surface area contributed by atoms with Crippen LogP contribution in [0.3, 0.4) is 0 Å². The number of carbonyl (C=O) groups excluding carboxylic acids is 1. The van der Waals surface area contributed by atoms with E-state index in [0.717, 1.165) is 36.0 Å². The van der Waals surface area contributed by atoms with Crippen molar-refractivity contribution in [2.24, 2.45) is 0 Å². The van der Waals surface area contributed by atoms with Crippen molar-refractivity contribution in [1.29, 1.82) is 0 Å². The first-order chi connectivity index (χ1) is 13.7. The van der Waals surface area contributed by atoms with Gasteiger partial charge in [-0.25, -0.2) is 0 Å². The Morgan fingerprint density at radius 3 is 2.64 bits per heavy atom. The largest absolute Gasteiger partial charge is 0.484 e. The van der Waals surface area contributed by atoms with Gasteiger partial charge in [-0.1, -0.05) is 54.6 Å². The molecular weight excluding hydrogens is 348 g/mol. The van der Waals surface area contributed by atoms with E-state index in [4.69, 9.17) is 4.74 Å². The van der Waals surface area contributed by atoms with Crippen LogP contribution in [0.2, 0.25) is 0 Å². The van der Waals surface area contributed by atoms with Gasteiger partial charge in [-0.2, -0.15) is 0 Å². The Labute approximate surface area is 166 Å². The Balaban J connectivity index is 1.25. The maximum absolute atomic E-state index is 12.2. The first kappa shape index (κ1) is 18.5. The molecule has 0 unspecified atom stereocenters. The number of fused-ring (bicyclic) bond motifs is 2. The number of amides is 1. The molecule has 4 heteroatoms. The number of nitrogens with one attached hydrogen (secondary N) is 1. The van der Waals surface area contributed by atoms with Crippen LogP contribution in [0.1, 0.15) is 18.1 Å². The average molecular weight is 374 g/mol. The van der Waals surface area contributed by atoms with Gasteiger partial charge in [0, 0.05) is 25.7 Å². The Morgan fingerprint density at radius 1 is 1.04 bits per heavy atom. The number of nitrogens with zero attached hydrogens (tertiary/aromatic N) is 1. The van der Waals surface area contributed by atoms with Gasteiger partial charge in [-0.3, -0.25) is 9.69 Å². The minimum atomic E-state index is -0.0857. The first-order valence-corrected chi connectivity index (χ1v) is 9.88. The Hall–Kier alpha value is -2.85. The maximum Gasteiger partial charge on any atom is 0.257 e. The molecule has 1 aliphatic rings. The molecule has 144 valence electrons. The van der Waals surface area contributed by atoms with E-state index in [2.05, 4.69) is 47.5 Å². The monoisotopic (exact) mass is 374 g/mol. The zero-order valence-electron chi connectivity index (χ0n) is 16.2. The van der Waals surface area contributed by atoms with Crippen LogP contribution in [0.15, 0.2) is 66.7 Å². The quantitative estimate of drug-likeness (QED) is 0.714. The summed E-state index contributed by atoms with van der Waals surface area (Å²) in [4.78, 5) is 14.6. The van der Waals surface area contributed by atoms with Crippen molar-refractivity contribution in [2.75, 3.05) is 19.7 Å². The summed E-state index contributed by atoms with van der Waals surface area (Å²) in [7, 11) is 0. The molecule has 1 atom stereocenters. The lowest BCUT2D eigenvalue weighted by atomic mass is 9.99. The molecule has 0 spiro atoms. The van der Waals surface area contributed by atoms with Crippen molar-refractivity contribution in [3.8, 4) is 5.75 Å². The zero-order valence-corrected chi connectivity index (χ0v) is 16.2. The van der Waals surface area contributed by atoms with Crippen LogP contribution < -0.4 is 10.1 Å². The minimum Gasteiger partial charge on any atom is -0.484 e. The maximum atomic E-state index is 12.2. The predicted octanol–water partition coefficient (Wildman–Crippen LogP) is 3.78. The van der Waals surface area contributed by atoms with Crippen molar-refractivity contribution in [3.05, 3.63) is 77.9 Å². The van der Waals surface area contributed by atoms with Gasteiger partial charge >= 0.3 is 0 Å². The van der Waals surface area contributed by atoms with Crippen LogP contribution in [0.5, 0.6) is 5.75 Å². The van der Waals surface area contributed by atoms with Crippen LogP contribution in [0.25, 0.3) is 10.8 Å². The lowest BCUT2D eigenvalue weighted by Crippen LogP contribution is -2.45. The number of rotatable bonds is 6. The van der Waals surface area contributed by atoms with E-state index in [-0.39, 0.29) is 18.6 Å². The second-order valence-corrected chi connectivity index (χ2v) is 7.44. The number of hydrogen-bond donors (Lipinski definition) is 1. The van der Waals surface area contributed by atoms with Gasteiger partial charge < -0.3 is 10.1 Å². The van der Waals surface area contributed by atoms with Crippen molar-refractivity contribution in [3.63, 3.8) is 0 Å². The van der Waals surface area contributed by atoms with E-state index in [1.54, 1.807) is 0 Å². The molecule has 3 aromatic carbocycles. The van der Waals surface area contributed by atoms with Gasteiger partial charge in [0.1, 0.15) is 5.75 Å². The molecule has 0 radical (unpaired) electrons. The van der Waals surface area contributed by atoms with Crippen LogP contribution >= 0.6 is 0 Å². The molecule has 28 heavy (non-hydrogen) atoms. The Morgan fingerprint density at radius 2 is 1.79 bits per heavy atom. The predicted molar refractivity (Wildman–Crippen MR) is 112 cm³/mol. The van der Waals surface area contributed by atoms with Gasteiger partial charge in [0.2, 0.25) is 0 Å². The second-order valence-electron chi connectivity index (χ2n) is 7.44. The molecule has 0 saturated heterocycles. The van der Waals surface area contributed by atoms with Crippen LogP contribution in [-0.4, -0.2) is 36.5 Å². The number of hydrogen-bond acceptors (Lipinski definition) is 3. The van der Waals surface area contributed by atoms with Crippen LogP contribution in [0, 0.1) is 0 Å². The summed E-state index contributed by atoms with van der Waals surface area (Å²) in [6.45, 7) is 4.80. The average Bonchev–Trinajstić information content (AvgIpc) is 2.75. The van der Waals surface area contributed by atoms with Gasteiger partial charge in [0.25, 0.3) is 5.91 Å². The highest BCUT2D eigenvalue weighted by atomic mass is 16.5. The summed E-state index contributed by atoms with van der Waals surface area (Å²) in [6, 6.07) is 22.9. The minimum absolute atomic E-state index is 0.0356. The lowest BCUT2D eigenvalue weighted by molar-refractivity contribution is -0.123. The third-order valence-electron chi connectivity index (χ3n) is 5.47. The molecule has 0 aromatic heterocycles. The fraction of sp³-hybridized carbons (Fsp3) is 0.292. The molecule has 1 aliphatic heterocycles. The molecule has 1 heterocycles. The molecule has 4 rings (SSSR count). The van der Waals surface area contributed by atoms with Crippen molar-refractivity contribution in [2.45, 2.75) is 25.9 Å². The van der Waals surface area contributed by atoms with Gasteiger partial charge in [-0.15, -0.1) is 0 Å². The second kappa shape index (κ2) is 8.44. The van der Waals surface area contributed by atoms with Crippen molar-refractivity contribution < 1.29 is 9.53 Å². The standard InChI is InChI=1S/C24H26N2O2/c1-18(26-13-12-20-7-3-5-9-22(20)16-26)15-25-24(27)17-28-23-11-10-19-6-2-4-8-21(19)14-23/h2-11,14,18H,12-13,15-17H2,1H3,(H,25,27)/t18-/m0/s1. The van der Waals surface area contributed by atoms with Crippen LogP contribution in [0.4, 0.5) is 0 Å². The summed E-state index contributed by atoms with van der Waals surface area (Å²) < 4.78 is 5.67. The molecule has 0 saturated carbocycles. The summed E-state index contributed by atoms with van der Waals surface area (Å²) in [5.74, 6) is 0.631. The fourth-order valence-corrected chi connectivity index (χ4v) is 3.74. The molecular formula is C24H26N2O2. The molecule has 3 aromatic rings. The summed E-state index contributed by atoms with van der Waals surface area (Å²) >= 11 is 0. The highest BCUT2D eigenvalue weighted by Crippen LogP contribution is 2.21. The van der Waals surface area contributed by atoms with E-state index in [0.29, 0.717) is 6.54 Å². The highest BCUT2D eigenvalue weighted by molar-refractivity contribution is 5.84. The third-order valence-corrected chi connectivity index (χ3v) is 5.47. The Kier molecular flexibility index (Phi) is 5.58. The molecule has 1 N–H and O–H groups in total. The van der Waals surface area contributed by atoms with E-state index >= 15 is 0 Å². The smallest absolute Gasteiger partial charge is 0.257 e. The molecule has 0 bridgehead atoms. The molecule has 0 aliphatic carbocycles. The third kappa shape index (κ3) is 4.34. The van der Waals surface area contributed by atoms with Gasteiger partial charge in [0.15, 0.2) is 6.61 Å². The van der Waals surface area contributed by atoms with E-state index in [9.17, 15) is 4.79 Å². The summed E-state index contributed by atoms with van der Waals surface area (Å²) in [5.41, 5.74) is 2.84. The normalized spacial score (nSPS) is 15.0. The topological polar surface area (TPSA) is 41.6 Å². The van der Waals surface area contributed by atoms with Gasteiger partial charge in [-0.05, 0) is 47.4 Å². The summed E-state index contributed by atoms with van der Waals surface area (Å²) in [5, 5.41) is 5.28. The van der Waals surface area contributed by atoms with E-state index in [1.165, 1.54) is 11.1 Å². The summed E-state index contributed by atoms with van der Waals surface area (Å²) in [6.07, 6.45) is 1.07. The van der Waals surface area contributed by atoms with E-state index in [1.807, 2.05) is 36.4 Å². The molecule has 0 fully saturated rings. The van der Waals surface area contributed by atoms with Crippen molar-refractivity contribution >= 4 is 16.7 Å². The lowest BCUT2D eigenvalue weighted by Gasteiger charge is -2.33. The highest BCUT2D eigenvalue weighted by Gasteiger charge is 2.20. The number of benzene rings is 3. The Bertz CT molecular complexity index is 969. The number of ether oxygens (including phenoxy) is 1. The molecule has 1 amide bonds.